The molecule has 3 rings (SSSR count). The number of hydrogen-bond donors (Lipinski definition) is 2. The maximum atomic E-state index is 13.1. The largest absolute Gasteiger partial charge is 0.381 e. The third-order valence-electron chi connectivity index (χ3n) is 3.13. The molecule has 0 aliphatic heterocycles. The summed E-state index contributed by atoms with van der Waals surface area (Å²) in [5.74, 6) is -1.71. The minimum atomic E-state index is -0.860. The number of H-pyrrole nitrogens is 1. The van der Waals surface area contributed by atoms with Gasteiger partial charge in [-0.25, -0.2) is 8.78 Å². The molecule has 0 atom stereocenters. The van der Waals surface area contributed by atoms with E-state index in [-0.39, 0.29) is 0 Å². The number of anilines is 1. The third-order valence-corrected chi connectivity index (χ3v) is 3.37. The first kappa shape index (κ1) is 12.9. The molecule has 2 N–H and O–H groups in total. The zero-order chi connectivity index (χ0) is 14.1. The van der Waals surface area contributed by atoms with Crippen LogP contribution in [-0.2, 0) is 6.54 Å². The number of aromatic amines is 1. The molecule has 0 aliphatic carbocycles. The Balaban J connectivity index is 1.81. The zero-order valence-corrected chi connectivity index (χ0v) is 11.1. The normalized spacial score (nSPS) is 10.9. The quantitative estimate of drug-likeness (QED) is 0.719. The van der Waals surface area contributed by atoms with Crippen LogP contribution in [-0.4, -0.2) is 4.98 Å². The fourth-order valence-corrected chi connectivity index (χ4v) is 2.28. The van der Waals surface area contributed by atoms with Crippen LogP contribution < -0.4 is 5.32 Å². The molecule has 0 aliphatic rings. The summed E-state index contributed by atoms with van der Waals surface area (Å²) >= 11 is 5.92. The van der Waals surface area contributed by atoms with Crippen molar-refractivity contribution in [2.45, 2.75) is 6.54 Å². The van der Waals surface area contributed by atoms with Gasteiger partial charge in [0.1, 0.15) is 0 Å². The van der Waals surface area contributed by atoms with Crippen molar-refractivity contribution in [1.82, 2.24) is 4.98 Å². The molecule has 0 saturated carbocycles. The van der Waals surface area contributed by atoms with Crippen LogP contribution >= 0.6 is 11.6 Å². The van der Waals surface area contributed by atoms with Gasteiger partial charge in [0, 0.05) is 40.4 Å². The van der Waals surface area contributed by atoms with Gasteiger partial charge in [-0.15, -0.1) is 0 Å². The molecule has 2 nitrogen and oxygen atoms in total. The summed E-state index contributed by atoms with van der Waals surface area (Å²) in [4.78, 5) is 3.13. The molecule has 0 bridgehead atoms. The van der Waals surface area contributed by atoms with E-state index in [1.807, 2.05) is 24.4 Å². The third kappa shape index (κ3) is 2.47. The second kappa shape index (κ2) is 5.13. The molecule has 0 saturated heterocycles. The molecule has 5 heteroatoms. The van der Waals surface area contributed by atoms with E-state index < -0.39 is 11.6 Å². The van der Waals surface area contributed by atoms with E-state index in [4.69, 9.17) is 11.6 Å². The SMILES string of the molecule is Fc1ccc(NCc2c[nH]c3cc(Cl)ccc23)cc1F. The number of hydrogen-bond acceptors (Lipinski definition) is 1. The molecule has 0 unspecified atom stereocenters. The lowest BCUT2D eigenvalue weighted by atomic mass is 10.1. The van der Waals surface area contributed by atoms with Gasteiger partial charge in [-0.05, 0) is 29.8 Å². The fourth-order valence-electron chi connectivity index (χ4n) is 2.11. The molecule has 0 fully saturated rings. The molecular weight excluding hydrogens is 282 g/mol. The minimum absolute atomic E-state index is 0.507. The predicted molar refractivity (Wildman–Crippen MR) is 77.0 cm³/mol. The Bertz CT molecular complexity index is 768. The van der Waals surface area contributed by atoms with Gasteiger partial charge in [0.2, 0.25) is 0 Å². The summed E-state index contributed by atoms with van der Waals surface area (Å²) in [6, 6.07) is 9.34. The van der Waals surface area contributed by atoms with Crippen molar-refractivity contribution < 1.29 is 8.78 Å². The Morgan fingerprint density at radius 1 is 1.05 bits per heavy atom. The zero-order valence-electron chi connectivity index (χ0n) is 10.4. The molecule has 20 heavy (non-hydrogen) atoms. The summed E-state index contributed by atoms with van der Waals surface area (Å²) in [7, 11) is 0. The highest BCUT2D eigenvalue weighted by molar-refractivity contribution is 6.31. The molecule has 2 aromatic carbocycles. The van der Waals surface area contributed by atoms with Crippen molar-refractivity contribution in [2.75, 3.05) is 5.32 Å². The Kier molecular flexibility index (Phi) is 3.32. The molecule has 1 heterocycles. The van der Waals surface area contributed by atoms with Crippen molar-refractivity contribution in [3.8, 4) is 0 Å². The van der Waals surface area contributed by atoms with Crippen LogP contribution in [0.4, 0.5) is 14.5 Å². The van der Waals surface area contributed by atoms with Crippen molar-refractivity contribution in [1.29, 1.82) is 0 Å². The monoisotopic (exact) mass is 292 g/mol. The van der Waals surface area contributed by atoms with Gasteiger partial charge in [-0.3, -0.25) is 0 Å². The number of nitrogens with one attached hydrogen (secondary N) is 2. The van der Waals surface area contributed by atoms with Gasteiger partial charge >= 0.3 is 0 Å². The predicted octanol–water partition coefficient (Wildman–Crippen LogP) is 4.71. The highest BCUT2D eigenvalue weighted by atomic mass is 35.5. The van der Waals surface area contributed by atoms with Gasteiger partial charge in [-0.1, -0.05) is 17.7 Å². The Morgan fingerprint density at radius 3 is 2.70 bits per heavy atom. The highest BCUT2D eigenvalue weighted by Crippen LogP contribution is 2.23. The highest BCUT2D eigenvalue weighted by Gasteiger charge is 2.05. The number of aromatic nitrogens is 1. The van der Waals surface area contributed by atoms with Crippen LogP contribution in [0.5, 0.6) is 0 Å². The van der Waals surface area contributed by atoms with E-state index in [1.54, 1.807) is 0 Å². The standard InChI is InChI=1S/C15H11ClF2N2/c16-10-1-3-12-9(8-20-15(12)5-10)7-19-11-2-4-13(17)14(18)6-11/h1-6,8,19-20H,7H2. The molecule has 0 radical (unpaired) electrons. The molecule has 102 valence electrons. The van der Waals surface area contributed by atoms with Gasteiger partial charge in [-0.2, -0.15) is 0 Å². The second-order valence-electron chi connectivity index (χ2n) is 4.49. The molecular formula is C15H11ClF2N2. The molecule has 0 amide bonds. The second-order valence-corrected chi connectivity index (χ2v) is 4.92. The lowest BCUT2D eigenvalue weighted by Crippen LogP contribution is -1.99. The van der Waals surface area contributed by atoms with E-state index in [2.05, 4.69) is 10.3 Å². The maximum absolute atomic E-state index is 13.1. The van der Waals surface area contributed by atoms with Crippen LogP contribution in [0.2, 0.25) is 5.02 Å². The molecule has 0 spiro atoms. The van der Waals surface area contributed by atoms with Crippen LogP contribution in [0.3, 0.4) is 0 Å². The van der Waals surface area contributed by atoms with Crippen molar-refractivity contribution in [2.24, 2.45) is 0 Å². The number of rotatable bonds is 3. The number of halogens is 3. The first-order valence-corrected chi connectivity index (χ1v) is 6.46. The summed E-state index contributed by atoms with van der Waals surface area (Å²) in [5.41, 5.74) is 2.51. The average Bonchev–Trinajstić information content (AvgIpc) is 2.82. The summed E-state index contributed by atoms with van der Waals surface area (Å²) < 4.78 is 25.9. The summed E-state index contributed by atoms with van der Waals surface area (Å²) in [6.45, 7) is 0.507. The Morgan fingerprint density at radius 2 is 1.90 bits per heavy atom. The topological polar surface area (TPSA) is 27.8 Å². The van der Waals surface area contributed by atoms with Gasteiger partial charge in [0.25, 0.3) is 0 Å². The Hall–Kier alpha value is -2.07. The van der Waals surface area contributed by atoms with E-state index in [0.29, 0.717) is 17.3 Å². The number of fused-ring (bicyclic) bond motifs is 1. The fraction of sp³-hybridized carbons (Fsp3) is 0.0667. The molecule has 1 aromatic heterocycles. The van der Waals surface area contributed by atoms with Crippen molar-refractivity contribution in [3.05, 3.63) is 64.8 Å². The lowest BCUT2D eigenvalue weighted by molar-refractivity contribution is 0.509. The van der Waals surface area contributed by atoms with E-state index in [0.717, 1.165) is 28.6 Å². The average molecular weight is 293 g/mol. The van der Waals surface area contributed by atoms with Crippen LogP contribution in [0.25, 0.3) is 10.9 Å². The summed E-state index contributed by atoms with van der Waals surface area (Å²) in [5, 5.41) is 4.77. The summed E-state index contributed by atoms with van der Waals surface area (Å²) in [6.07, 6.45) is 1.87. The first-order valence-electron chi connectivity index (χ1n) is 6.08. The minimum Gasteiger partial charge on any atom is -0.381 e. The van der Waals surface area contributed by atoms with Gasteiger partial charge < -0.3 is 10.3 Å². The van der Waals surface area contributed by atoms with Crippen LogP contribution in [0, 0.1) is 11.6 Å². The van der Waals surface area contributed by atoms with Crippen LogP contribution in [0.1, 0.15) is 5.56 Å². The maximum Gasteiger partial charge on any atom is 0.160 e. The van der Waals surface area contributed by atoms with E-state index >= 15 is 0 Å². The van der Waals surface area contributed by atoms with Crippen molar-refractivity contribution in [3.63, 3.8) is 0 Å². The van der Waals surface area contributed by atoms with Crippen LogP contribution in [0.15, 0.2) is 42.6 Å². The lowest BCUT2D eigenvalue weighted by Gasteiger charge is -2.06. The van der Waals surface area contributed by atoms with E-state index in [1.165, 1.54) is 6.07 Å². The van der Waals surface area contributed by atoms with Gasteiger partial charge in [0.15, 0.2) is 11.6 Å². The smallest absolute Gasteiger partial charge is 0.160 e. The number of benzene rings is 2. The van der Waals surface area contributed by atoms with E-state index in [9.17, 15) is 8.78 Å². The van der Waals surface area contributed by atoms with Gasteiger partial charge in [0.05, 0.1) is 0 Å². The Labute approximate surface area is 119 Å². The first-order chi connectivity index (χ1) is 9.63. The van der Waals surface area contributed by atoms with Crippen molar-refractivity contribution >= 4 is 28.2 Å². The molecule has 3 aromatic rings.